The monoisotopic (exact) mass is 245 g/mol. The molecule has 0 bridgehead atoms. The summed E-state index contributed by atoms with van der Waals surface area (Å²) in [5, 5.41) is 12.1. The minimum Gasteiger partial charge on any atom is -0.481 e. The molecule has 1 fully saturated rings. The molecule has 88 valence electrons. The number of carboxylic acid groups (broad SMARTS) is 1. The van der Waals surface area contributed by atoms with Crippen molar-refractivity contribution in [3.05, 3.63) is 35.6 Å². The van der Waals surface area contributed by atoms with E-state index in [9.17, 15) is 9.18 Å². The highest BCUT2D eigenvalue weighted by molar-refractivity contribution is 5.85. The Morgan fingerprint density at radius 1 is 1.50 bits per heavy atom. The lowest BCUT2D eigenvalue weighted by Gasteiger charge is -2.16. The largest absolute Gasteiger partial charge is 0.481 e. The fourth-order valence-corrected chi connectivity index (χ4v) is 2.02. The Morgan fingerprint density at radius 3 is 2.88 bits per heavy atom. The number of rotatable bonds is 2. The summed E-state index contributed by atoms with van der Waals surface area (Å²) in [5.41, 5.74) is 0.708. The molecule has 2 atom stereocenters. The van der Waals surface area contributed by atoms with Gasteiger partial charge in [-0.25, -0.2) is 4.39 Å². The Labute approximate surface area is 99.1 Å². The van der Waals surface area contributed by atoms with Crippen molar-refractivity contribution in [3.63, 3.8) is 0 Å². The second kappa shape index (κ2) is 5.27. The minimum atomic E-state index is -0.825. The Morgan fingerprint density at radius 2 is 2.25 bits per heavy atom. The quantitative estimate of drug-likeness (QED) is 0.838. The van der Waals surface area contributed by atoms with Gasteiger partial charge < -0.3 is 10.4 Å². The molecule has 1 heterocycles. The molecule has 0 aliphatic carbocycles. The summed E-state index contributed by atoms with van der Waals surface area (Å²) in [6.45, 7) is 0.665. The summed E-state index contributed by atoms with van der Waals surface area (Å²) in [7, 11) is 0. The van der Waals surface area contributed by atoms with Crippen molar-refractivity contribution in [2.45, 2.75) is 12.5 Å². The maximum absolute atomic E-state index is 13.0. The van der Waals surface area contributed by atoms with E-state index in [0.717, 1.165) is 0 Å². The number of hydrogen-bond acceptors (Lipinski definition) is 2. The smallest absolute Gasteiger partial charge is 0.308 e. The van der Waals surface area contributed by atoms with Crippen LogP contribution in [0, 0.1) is 11.7 Å². The van der Waals surface area contributed by atoms with Crippen LogP contribution in [0.2, 0.25) is 0 Å². The molecule has 5 heteroatoms. The first-order valence-electron chi connectivity index (χ1n) is 4.90. The van der Waals surface area contributed by atoms with Gasteiger partial charge in [0, 0.05) is 6.04 Å². The van der Waals surface area contributed by atoms with Gasteiger partial charge in [0.1, 0.15) is 5.82 Å². The van der Waals surface area contributed by atoms with Gasteiger partial charge >= 0.3 is 5.97 Å². The molecule has 1 saturated heterocycles. The van der Waals surface area contributed by atoms with E-state index < -0.39 is 11.9 Å². The van der Waals surface area contributed by atoms with Gasteiger partial charge in [0.15, 0.2) is 0 Å². The highest BCUT2D eigenvalue weighted by atomic mass is 35.5. The van der Waals surface area contributed by atoms with Crippen LogP contribution in [0.1, 0.15) is 18.0 Å². The highest BCUT2D eigenvalue weighted by Gasteiger charge is 2.33. The van der Waals surface area contributed by atoms with E-state index in [1.54, 1.807) is 12.1 Å². The molecule has 2 rings (SSSR count). The number of hydrogen-bond donors (Lipinski definition) is 2. The molecule has 3 nitrogen and oxygen atoms in total. The third kappa shape index (κ3) is 2.51. The van der Waals surface area contributed by atoms with Gasteiger partial charge in [-0.3, -0.25) is 4.79 Å². The van der Waals surface area contributed by atoms with E-state index in [-0.39, 0.29) is 24.3 Å². The van der Waals surface area contributed by atoms with Gasteiger partial charge in [0.05, 0.1) is 5.92 Å². The highest BCUT2D eigenvalue weighted by Crippen LogP contribution is 2.29. The van der Waals surface area contributed by atoms with Gasteiger partial charge in [-0.1, -0.05) is 12.1 Å². The molecule has 1 aliphatic rings. The Bertz CT molecular complexity index is 386. The third-order valence-corrected chi connectivity index (χ3v) is 2.75. The van der Waals surface area contributed by atoms with E-state index in [1.807, 2.05) is 0 Å². The standard InChI is InChI=1S/C11H12FNO2.ClH/c12-8-3-1-2-7(6-8)10-9(11(14)15)4-5-13-10;/h1-3,6,9-10,13H,4-5H2,(H,14,15);1H/t9-,10-;/m1./s1. The molecule has 0 aromatic heterocycles. The zero-order valence-electron chi connectivity index (χ0n) is 8.52. The molecule has 0 amide bonds. The van der Waals surface area contributed by atoms with Crippen LogP contribution in [-0.4, -0.2) is 17.6 Å². The van der Waals surface area contributed by atoms with E-state index in [4.69, 9.17) is 5.11 Å². The van der Waals surface area contributed by atoms with E-state index in [2.05, 4.69) is 5.32 Å². The summed E-state index contributed by atoms with van der Waals surface area (Å²) in [6.07, 6.45) is 0.594. The van der Waals surface area contributed by atoms with Crippen molar-refractivity contribution < 1.29 is 14.3 Å². The molecule has 0 radical (unpaired) electrons. The van der Waals surface area contributed by atoms with Crippen LogP contribution in [0.15, 0.2) is 24.3 Å². The number of carboxylic acids is 1. The third-order valence-electron chi connectivity index (χ3n) is 2.75. The number of aliphatic carboxylic acids is 1. The van der Waals surface area contributed by atoms with Crippen molar-refractivity contribution in [3.8, 4) is 0 Å². The second-order valence-corrected chi connectivity index (χ2v) is 3.72. The second-order valence-electron chi connectivity index (χ2n) is 3.72. The fraction of sp³-hybridized carbons (Fsp3) is 0.364. The maximum Gasteiger partial charge on any atom is 0.308 e. The Hall–Kier alpha value is -1.13. The molecule has 16 heavy (non-hydrogen) atoms. The summed E-state index contributed by atoms with van der Waals surface area (Å²) >= 11 is 0. The van der Waals surface area contributed by atoms with Crippen LogP contribution < -0.4 is 5.32 Å². The lowest BCUT2D eigenvalue weighted by atomic mass is 9.94. The molecule has 1 aliphatic heterocycles. The lowest BCUT2D eigenvalue weighted by molar-refractivity contribution is -0.142. The molecule has 0 saturated carbocycles. The minimum absolute atomic E-state index is 0. The van der Waals surface area contributed by atoms with Crippen molar-refractivity contribution in [2.24, 2.45) is 5.92 Å². The lowest BCUT2D eigenvalue weighted by Crippen LogP contribution is -2.23. The normalized spacial score (nSPS) is 23.8. The summed E-state index contributed by atoms with van der Waals surface area (Å²) in [5.74, 6) is -1.61. The first-order valence-corrected chi connectivity index (χ1v) is 4.90. The van der Waals surface area contributed by atoms with Crippen LogP contribution in [0.25, 0.3) is 0 Å². The molecule has 0 unspecified atom stereocenters. The molecular weight excluding hydrogens is 233 g/mol. The number of carbonyl (C=O) groups is 1. The summed E-state index contributed by atoms with van der Waals surface area (Å²) < 4.78 is 13.0. The van der Waals surface area contributed by atoms with Gasteiger partial charge in [-0.15, -0.1) is 12.4 Å². The van der Waals surface area contributed by atoms with E-state index in [1.165, 1.54) is 12.1 Å². The molecule has 1 aromatic rings. The van der Waals surface area contributed by atoms with Crippen LogP contribution in [0.5, 0.6) is 0 Å². The van der Waals surface area contributed by atoms with Crippen LogP contribution in [-0.2, 0) is 4.79 Å². The average Bonchev–Trinajstić information content (AvgIpc) is 2.65. The predicted octanol–water partition coefficient (Wildman–Crippen LogP) is 1.98. The number of halogens is 2. The van der Waals surface area contributed by atoms with Crippen molar-refractivity contribution in [1.29, 1.82) is 0 Å². The SMILES string of the molecule is Cl.O=C(O)[C@@H]1CCN[C@@H]1c1cccc(F)c1. The van der Waals surface area contributed by atoms with Crippen LogP contribution in [0.4, 0.5) is 4.39 Å². The molecule has 0 spiro atoms. The Balaban J connectivity index is 0.00000128. The van der Waals surface area contributed by atoms with E-state index in [0.29, 0.717) is 18.5 Å². The maximum atomic E-state index is 13.0. The molecule has 2 N–H and O–H groups in total. The molecular formula is C11H13ClFNO2. The Kier molecular flexibility index (Phi) is 4.26. The summed E-state index contributed by atoms with van der Waals surface area (Å²) in [6, 6.07) is 5.83. The van der Waals surface area contributed by atoms with Crippen molar-refractivity contribution in [1.82, 2.24) is 5.32 Å². The number of nitrogens with one attached hydrogen (secondary N) is 1. The van der Waals surface area contributed by atoms with Gasteiger partial charge in [0.25, 0.3) is 0 Å². The first-order chi connectivity index (χ1) is 7.18. The summed E-state index contributed by atoms with van der Waals surface area (Å²) in [4.78, 5) is 10.9. The van der Waals surface area contributed by atoms with Gasteiger partial charge in [0.2, 0.25) is 0 Å². The van der Waals surface area contributed by atoms with Gasteiger partial charge in [-0.2, -0.15) is 0 Å². The van der Waals surface area contributed by atoms with E-state index >= 15 is 0 Å². The van der Waals surface area contributed by atoms with Crippen molar-refractivity contribution >= 4 is 18.4 Å². The zero-order chi connectivity index (χ0) is 10.8. The predicted molar refractivity (Wildman–Crippen MR) is 60.1 cm³/mol. The topological polar surface area (TPSA) is 49.3 Å². The fourth-order valence-electron chi connectivity index (χ4n) is 2.02. The zero-order valence-corrected chi connectivity index (χ0v) is 9.34. The first kappa shape index (κ1) is 12.9. The van der Waals surface area contributed by atoms with Gasteiger partial charge in [-0.05, 0) is 30.7 Å². The molecule has 1 aromatic carbocycles. The van der Waals surface area contributed by atoms with Crippen LogP contribution >= 0.6 is 12.4 Å². The van der Waals surface area contributed by atoms with Crippen LogP contribution in [0.3, 0.4) is 0 Å². The average molecular weight is 246 g/mol. The van der Waals surface area contributed by atoms with Crippen molar-refractivity contribution in [2.75, 3.05) is 6.54 Å². The number of benzene rings is 1.